The number of hydrogen-bond acceptors (Lipinski definition) is 3. The fourth-order valence-corrected chi connectivity index (χ4v) is 1.73. The van der Waals surface area contributed by atoms with Gasteiger partial charge in [0.25, 0.3) is 0 Å². The van der Waals surface area contributed by atoms with Crippen LogP contribution in [-0.4, -0.2) is 45.2 Å². The molecule has 0 radical (unpaired) electrons. The molecule has 1 aromatic heterocycles. The summed E-state index contributed by atoms with van der Waals surface area (Å²) in [6.07, 6.45) is 0.860. The third-order valence-electron chi connectivity index (χ3n) is 3.20. The first-order chi connectivity index (χ1) is 8.34. The Morgan fingerprint density at radius 3 is 2.50 bits per heavy atom. The van der Waals surface area contributed by atoms with Crippen molar-refractivity contribution in [1.29, 1.82) is 0 Å². The van der Waals surface area contributed by atoms with E-state index in [4.69, 9.17) is 5.11 Å². The van der Waals surface area contributed by atoms with Gasteiger partial charge in [0, 0.05) is 19.2 Å². The Morgan fingerprint density at radius 2 is 2.06 bits per heavy atom. The highest BCUT2D eigenvalue weighted by atomic mass is 16.4. The number of aromatic amines is 1. The number of amides is 1. The highest BCUT2D eigenvalue weighted by Crippen LogP contribution is 2.12. The van der Waals surface area contributed by atoms with Crippen molar-refractivity contribution in [2.24, 2.45) is 0 Å². The molecule has 0 spiro atoms. The number of rotatable bonds is 5. The van der Waals surface area contributed by atoms with Crippen LogP contribution < -0.4 is 0 Å². The summed E-state index contributed by atoms with van der Waals surface area (Å²) in [6.45, 7) is 5.28. The fraction of sp³-hybridized carbons (Fsp3) is 0.583. The van der Waals surface area contributed by atoms with Crippen LogP contribution in [0.4, 0.5) is 0 Å². The van der Waals surface area contributed by atoms with Crippen LogP contribution in [0.2, 0.25) is 0 Å². The van der Waals surface area contributed by atoms with Gasteiger partial charge in [0.2, 0.25) is 5.91 Å². The Labute approximate surface area is 106 Å². The van der Waals surface area contributed by atoms with Gasteiger partial charge in [0.05, 0.1) is 5.69 Å². The Morgan fingerprint density at radius 1 is 1.44 bits per heavy atom. The molecule has 18 heavy (non-hydrogen) atoms. The molecule has 1 unspecified atom stereocenters. The third-order valence-corrected chi connectivity index (χ3v) is 3.20. The quantitative estimate of drug-likeness (QED) is 0.816. The average Bonchev–Trinajstić information content (AvgIpc) is 2.64. The molecule has 0 aliphatic carbocycles. The van der Waals surface area contributed by atoms with Crippen molar-refractivity contribution in [3.8, 4) is 0 Å². The maximum absolute atomic E-state index is 11.8. The van der Waals surface area contributed by atoms with E-state index in [2.05, 4.69) is 10.2 Å². The van der Waals surface area contributed by atoms with Gasteiger partial charge in [0.15, 0.2) is 0 Å². The summed E-state index contributed by atoms with van der Waals surface area (Å²) in [5.41, 5.74) is 2.86. The molecule has 1 atom stereocenters. The number of nitrogens with one attached hydrogen (secondary N) is 1. The van der Waals surface area contributed by atoms with E-state index in [1.54, 1.807) is 0 Å². The Balaban J connectivity index is 2.59. The SMILES string of the molecule is Cc1n[nH]c(C)c1CCC(=O)N(C)C(C)C(=O)O. The number of carbonyl (C=O) groups excluding carboxylic acids is 1. The van der Waals surface area contributed by atoms with Gasteiger partial charge in [-0.3, -0.25) is 9.89 Å². The number of carboxylic acid groups (broad SMARTS) is 1. The van der Waals surface area contributed by atoms with E-state index in [-0.39, 0.29) is 12.3 Å². The lowest BCUT2D eigenvalue weighted by molar-refractivity contribution is -0.148. The standard InChI is InChI=1S/C12H19N3O3/c1-7-10(8(2)14-13-7)5-6-11(16)15(4)9(3)12(17)18/h9H,5-6H2,1-4H3,(H,13,14)(H,17,18). The molecule has 1 aromatic rings. The average molecular weight is 253 g/mol. The van der Waals surface area contributed by atoms with Gasteiger partial charge in [0.1, 0.15) is 6.04 Å². The molecule has 6 heteroatoms. The zero-order valence-electron chi connectivity index (χ0n) is 11.1. The van der Waals surface area contributed by atoms with Crippen LogP contribution in [0.5, 0.6) is 0 Å². The Kier molecular flexibility index (Phi) is 4.47. The first-order valence-electron chi connectivity index (χ1n) is 5.83. The normalized spacial score (nSPS) is 12.2. The summed E-state index contributed by atoms with van der Waals surface area (Å²) in [6, 6.07) is -0.802. The van der Waals surface area contributed by atoms with E-state index in [1.807, 2.05) is 13.8 Å². The number of likely N-dealkylation sites (N-methyl/N-ethyl adjacent to an activating group) is 1. The van der Waals surface area contributed by atoms with Crippen molar-refractivity contribution in [2.75, 3.05) is 7.05 Å². The second-order valence-corrected chi connectivity index (χ2v) is 4.43. The van der Waals surface area contributed by atoms with Gasteiger partial charge in [-0.25, -0.2) is 4.79 Å². The van der Waals surface area contributed by atoms with Gasteiger partial charge in [-0.2, -0.15) is 5.10 Å². The van der Waals surface area contributed by atoms with Gasteiger partial charge in [-0.05, 0) is 32.8 Å². The number of aryl methyl sites for hydroxylation is 2. The smallest absolute Gasteiger partial charge is 0.326 e. The van der Waals surface area contributed by atoms with E-state index >= 15 is 0 Å². The predicted molar refractivity (Wildman–Crippen MR) is 66.3 cm³/mol. The summed E-state index contributed by atoms with van der Waals surface area (Å²) in [7, 11) is 1.51. The minimum atomic E-state index is -0.999. The molecule has 1 rings (SSSR count). The van der Waals surface area contributed by atoms with E-state index in [0.29, 0.717) is 6.42 Å². The second kappa shape index (κ2) is 5.66. The zero-order valence-corrected chi connectivity index (χ0v) is 11.1. The number of carbonyl (C=O) groups is 2. The number of hydrogen-bond donors (Lipinski definition) is 2. The second-order valence-electron chi connectivity index (χ2n) is 4.43. The Hall–Kier alpha value is -1.85. The Bertz CT molecular complexity index is 434. The summed E-state index contributed by atoms with van der Waals surface area (Å²) >= 11 is 0. The molecular weight excluding hydrogens is 234 g/mol. The summed E-state index contributed by atoms with van der Waals surface area (Å²) in [4.78, 5) is 23.9. The van der Waals surface area contributed by atoms with Crippen molar-refractivity contribution in [3.05, 3.63) is 17.0 Å². The number of H-pyrrole nitrogens is 1. The molecule has 1 heterocycles. The molecule has 100 valence electrons. The number of nitrogens with zero attached hydrogens (tertiary/aromatic N) is 2. The summed E-state index contributed by atoms with van der Waals surface area (Å²) in [5.74, 6) is -1.17. The van der Waals surface area contributed by atoms with Gasteiger partial charge in [-0.15, -0.1) is 0 Å². The molecule has 0 fully saturated rings. The number of aromatic nitrogens is 2. The molecule has 0 saturated carbocycles. The maximum atomic E-state index is 11.8. The molecule has 1 amide bonds. The van der Waals surface area contributed by atoms with E-state index in [9.17, 15) is 9.59 Å². The molecule has 0 aliphatic heterocycles. The van der Waals surface area contributed by atoms with Crippen LogP contribution in [0.25, 0.3) is 0 Å². The zero-order chi connectivity index (χ0) is 13.9. The van der Waals surface area contributed by atoms with Gasteiger partial charge in [-0.1, -0.05) is 0 Å². The van der Waals surface area contributed by atoms with Crippen LogP contribution in [-0.2, 0) is 16.0 Å². The first-order valence-corrected chi connectivity index (χ1v) is 5.83. The molecule has 2 N–H and O–H groups in total. The minimum Gasteiger partial charge on any atom is -0.480 e. The van der Waals surface area contributed by atoms with Crippen molar-refractivity contribution < 1.29 is 14.7 Å². The molecule has 6 nitrogen and oxygen atoms in total. The molecular formula is C12H19N3O3. The first kappa shape index (κ1) is 14.2. The van der Waals surface area contributed by atoms with Crippen molar-refractivity contribution in [2.45, 2.75) is 39.7 Å². The largest absolute Gasteiger partial charge is 0.480 e. The highest BCUT2D eigenvalue weighted by Gasteiger charge is 2.21. The highest BCUT2D eigenvalue weighted by molar-refractivity contribution is 5.83. The van der Waals surface area contributed by atoms with Crippen LogP contribution in [0.3, 0.4) is 0 Å². The molecule has 0 aromatic carbocycles. The fourth-order valence-electron chi connectivity index (χ4n) is 1.73. The van der Waals surface area contributed by atoms with Crippen LogP contribution in [0.15, 0.2) is 0 Å². The van der Waals surface area contributed by atoms with Crippen LogP contribution in [0, 0.1) is 13.8 Å². The number of aliphatic carboxylic acids is 1. The van der Waals surface area contributed by atoms with Crippen LogP contribution >= 0.6 is 0 Å². The molecule has 0 bridgehead atoms. The lowest BCUT2D eigenvalue weighted by Crippen LogP contribution is -2.40. The van der Waals surface area contributed by atoms with Gasteiger partial charge < -0.3 is 10.0 Å². The van der Waals surface area contributed by atoms with E-state index in [0.717, 1.165) is 17.0 Å². The topological polar surface area (TPSA) is 86.3 Å². The van der Waals surface area contributed by atoms with Crippen LogP contribution in [0.1, 0.15) is 30.3 Å². The molecule has 0 saturated heterocycles. The lowest BCUT2D eigenvalue weighted by Gasteiger charge is -2.21. The van der Waals surface area contributed by atoms with E-state index < -0.39 is 12.0 Å². The maximum Gasteiger partial charge on any atom is 0.326 e. The lowest BCUT2D eigenvalue weighted by atomic mass is 10.1. The third kappa shape index (κ3) is 3.09. The number of carboxylic acids is 1. The van der Waals surface area contributed by atoms with Gasteiger partial charge >= 0.3 is 5.97 Å². The predicted octanol–water partition coefficient (Wildman–Crippen LogP) is 0.891. The monoisotopic (exact) mass is 253 g/mol. The summed E-state index contributed by atoms with van der Waals surface area (Å²) in [5, 5.41) is 15.8. The van der Waals surface area contributed by atoms with Crippen molar-refractivity contribution in [1.82, 2.24) is 15.1 Å². The van der Waals surface area contributed by atoms with E-state index in [1.165, 1.54) is 18.9 Å². The van der Waals surface area contributed by atoms with Crippen molar-refractivity contribution >= 4 is 11.9 Å². The molecule has 0 aliphatic rings. The summed E-state index contributed by atoms with van der Waals surface area (Å²) < 4.78 is 0. The minimum absolute atomic E-state index is 0.176. The van der Waals surface area contributed by atoms with Crippen molar-refractivity contribution in [3.63, 3.8) is 0 Å².